The average Bonchev–Trinajstić information content (AvgIpc) is 2.12. The Bertz CT molecular complexity index is 260. The summed E-state index contributed by atoms with van der Waals surface area (Å²) in [5, 5.41) is 12.1. The molecule has 0 aliphatic carbocycles. The first-order valence-corrected chi connectivity index (χ1v) is 4.26. The molecule has 2 N–H and O–H groups in total. The van der Waals surface area contributed by atoms with Gasteiger partial charge in [0.05, 0.1) is 12.8 Å². The van der Waals surface area contributed by atoms with Crippen molar-refractivity contribution >= 4 is 5.95 Å². The zero-order valence-corrected chi connectivity index (χ0v) is 7.22. The zero-order valence-electron chi connectivity index (χ0n) is 7.22. The lowest BCUT2D eigenvalue weighted by Crippen LogP contribution is -2.52. The smallest absolute Gasteiger partial charge is 0.223 e. The van der Waals surface area contributed by atoms with Crippen LogP contribution in [0, 0.1) is 0 Å². The summed E-state index contributed by atoms with van der Waals surface area (Å²) in [4.78, 5) is 10.1. The Morgan fingerprint density at radius 3 is 2.77 bits per heavy atom. The molecule has 2 heterocycles. The maximum absolute atomic E-state index is 9.01. The van der Waals surface area contributed by atoms with E-state index in [9.17, 15) is 0 Å². The van der Waals surface area contributed by atoms with Crippen molar-refractivity contribution in [2.45, 2.75) is 6.10 Å². The summed E-state index contributed by atoms with van der Waals surface area (Å²) < 4.78 is 0. The molecule has 0 unspecified atom stereocenters. The van der Waals surface area contributed by atoms with E-state index in [0.717, 1.165) is 13.1 Å². The lowest BCUT2D eigenvalue weighted by Gasteiger charge is -2.35. The van der Waals surface area contributed by atoms with Crippen molar-refractivity contribution in [2.75, 3.05) is 25.1 Å². The molecule has 70 valence electrons. The summed E-state index contributed by atoms with van der Waals surface area (Å²) >= 11 is 0. The van der Waals surface area contributed by atoms with Crippen LogP contribution >= 0.6 is 0 Å². The van der Waals surface area contributed by atoms with E-state index < -0.39 is 0 Å². The lowest BCUT2D eigenvalue weighted by molar-refractivity contribution is 0.00701. The van der Waals surface area contributed by atoms with E-state index in [4.69, 9.17) is 5.11 Å². The molecule has 1 saturated heterocycles. The number of aliphatic hydroxyl groups is 1. The van der Waals surface area contributed by atoms with Crippen LogP contribution in [0.3, 0.4) is 0 Å². The minimum Gasteiger partial charge on any atom is -0.390 e. The zero-order chi connectivity index (χ0) is 9.10. The van der Waals surface area contributed by atoms with Gasteiger partial charge < -0.3 is 10.4 Å². The van der Waals surface area contributed by atoms with Crippen molar-refractivity contribution < 1.29 is 5.11 Å². The molecule has 1 aromatic rings. The summed E-state index contributed by atoms with van der Waals surface area (Å²) in [6.07, 6.45) is 3.24. The molecular formula is C8H12N4O. The van der Waals surface area contributed by atoms with Gasteiger partial charge in [0, 0.05) is 25.5 Å². The highest BCUT2D eigenvalue weighted by molar-refractivity contribution is 5.21. The van der Waals surface area contributed by atoms with E-state index >= 15 is 0 Å². The highest BCUT2D eigenvalue weighted by Gasteiger charge is 2.23. The highest BCUT2D eigenvalue weighted by Crippen LogP contribution is 2.06. The van der Waals surface area contributed by atoms with Gasteiger partial charge in [-0.05, 0) is 6.07 Å². The Morgan fingerprint density at radius 1 is 1.46 bits per heavy atom. The Balaban J connectivity index is 1.74. The number of nitrogens with zero attached hydrogens (tertiary/aromatic N) is 3. The number of likely N-dealkylation sites (tertiary alicyclic amines) is 1. The molecule has 13 heavy (non-hydrogen) atoms. The topological polar surface area (TPSA) is 61.3 Å². The lowest BCUT2D eigenvalue weighted by atomic mass is 10.2. The van der Waals surface area contributed by atoms with Crippen LogP contribution in [0.25, 0.3) is 0 Å². The Kier molecular flexibility index (Phi) is 2.37. The molecule has 0 bridgehead atoms. The van der Waals surface area contributed by atoms with Gasteiger partial charge in [0.25, 0.3) is 0 Å². The van der Waals surface area contributed by atoms with Gasteiger partial charge in [-0.2, -0.15) is 0 Å². The van der Waals surface area contributed by atoms with E-state index in [2.05, 4.69) is 20.2 Å². The molecular weight excluding hydrogens is 168 g/mol. The third kappa shape index (κ3) is 2.13. The predicted octanol–water partition coefficient (Wildman–Crippen LogP) is -0.478. The second-order valence-electron chi connectivity index (χ2n) is 3.10. The normalized spacial score (nSPS) is 18.2. The Hall–Kier alpha value is -1.20. The monoisotopic (exact) mass is 180 g/mol. The van der Waals surface area contributed by atoms with Crippen molar-refractivity contribution in [2.24, 2.45) is 0 Å². The number of anilines is 1. The second kappa shape index (κ2) is 3.68. The third-order valence-corrected chi connectivity index (χ3v) is 1.96. The molecule has 1 fully saturated rings. The van der Waals surface area contributed by atoms with Crippen LogP contribution in [-0.2, 0) is 0 Å². The second-order valence-corrected chi connectivity index (χ2v) is 3.10. The van der Waals surface area contributed by atoms with Crippen molar-refractivity contribution in [3.05, 3.63) is 18.5 Å². The number of aromatic nitrogens is 2. The number of β-amino-alcohol motifs (C(OH)–C–C–N with tert-alkyl or cyclic N) is 1. The van der Waals surface area contributed by atoms with Crippen molar-refractivity contribution in [3.8, 4) is 0 Å². The maximum atomic E-state index is 9.01. The summed E-state index contributed by atoms with van der Waals surface area (Å²) in [6.45, 7) is 2.17. The number of hydrogen-bond donors (Lipinski definition) is 2. The van der Waals surface area contributed by atoms with Gasteiger partial charge in [-0.25, -0.2) is 9.97 Å². The van der Waals surface area contributed by atoms with Crippen LogP contribution in [0.5, 0.6) is 0 Å². The first-order chi connectivity index (χ1) is 6.34. The van der Waals surface area contributed by atoms with Crippen molar-refractivity contribution in [1.29, 1.82) is 0 Å². The van der Waals surface area contributed by atoms with Crippen LogP contribution < -0.4 is 5.32 Å². The minimum atomic E-state index is -0.154. The SMILES string of the molecule is OC1CN(CNc2ncccn2)C1. The van der Waals surface area contributed by atoms with Gasteiger partial charge in [0.1, 0.15) is 0 Å². The van der Waals surface area contributed by atoms with Crippen molar-refractivity contribution in [1.82, 2.24) is 14.9 Å². The molecule has 2 rings (SSSR count). The van der Waals surface area contributed by atoms with E-state index in [-0.39, 0.29) is 6.10 Å². The summed E-state index contributed by atoms with van der Waals surface area (Å²) in [5.74, 6) is 0.629. The summed E-state index contributed by atoms with van der Waals surface area (Å²) in [7, 11) is 0. The van der Waals surface area contributed by atoms with Gasteiger partial charge in [0.2, 0.25) is 5.95 Å². The van der Waals surface area contributed by atoms with E-state index in [0.29, 0.717) is 12.6 Å². The fraction of sp³-hybridized carbons (Fsp3) is 0.500. The summed E-state index contributed by atoms with van der Waals surface area (Å²) in [5.41, 5.74) is 0. The largest absolute Gasteiger partial charge is 0.390 e. The highest BCUT2D eigenvalue weighted by atomic mass is 16.3. The molecule has 0 atom stereocenters. The van der Waals surface area contributed by atoms with Crippen LogP contribution in [0.4, 0.5) is 5.95 Å². The quantitative estimate of drug-likeness (QED) is 0.658. The van der Waals surface area contributed by atoms with Gasteiger partial charge >= 0.3 is 0 Å². The van der Waals surface area contributed by atoms with Crippen LogP contribution in [0.15, 0.2) is 18.5 Å². The first-order valence-electron chi connectivity index (χ1n) is 4.26. The molecule has 5 nitrogen and oxygen atoms in total. The first kappa shape index (κ1) is 8.40. The fourth-order valence-electron chi connectivity index (χ4n) is 1.24. The number of nitrogens with one attached hydrogen (secondary N) is 1. The molecule has 0 radical (unpaired) electrons. The van der Waals surface area contributed by atoms with Crippen LogP contribution in [-0.4, -0.2) is 45.8 Å². The Morgan fingerprint density at radius 2 is 2.15 bits per heavy atom. The van der Waals surface area contributed by atoms with Crippen LogP contribution in [0.1, 0.15) is 0 Å². The van der Waals surface area contributed by atoms with Gasteiger partial charge in [-0.3, -0.25) is 4.90 Å². The third-order valence-electron chi connectivity index (χ3n) is 1.96. The van der Waals surface area contributed by atoms with E-state index in [1.54, 1.807) is 18.5 Å². The van der Waals surface area contributed by atoms with Crippen LogP contribution in [0.2, 0.25) is 0 Å². The molecule has 1 aliphatic heterocycles. The molecule has 1 aromatic heterocycles. The maximum Gasteiger partial charge on any atom is 0.223 e. The van der Waals surface area contributed by atoms with Crippen molar-refractivity contribution in [3.63, 3.8) is 0 Å². The molecule has 0 amide bonds. The molecule has 0 saturated carbocycles. The number of rotatable bonds is 3. The number of hydrogen-bond acceptors (Lipinski definition) is 5. The average molecular weight is 180 g/mol. The van der Waals surface area contributed by atoms with Gasteiger partial charge in [-0.15, -0.1) is 0 Å². The molecule has 5 heteroatoms. The summed E-state index contributed by atoms with van der Waals surface area (Å²) in [6, 6.07) is 1.78. The van der Waals surface area contributed by atoms with E-state index in [1.165, 1.54) is 0 Å². The molecule has 0 aromatic carbocycles. The van der Waals surface area contributed by atoms with Gasteiger partial charge in [0.15, 0.2) is 0 Å². The predicted molar refractivity (Wildman–Crippen MR) is 48.1 cm³/mol. The van der Waals surface area contributed by atoms with Gasteiger partial charge in [-0.1, -0.05) is 0 Å². The van der Waals surface area contributed by atoms with E-state index in [1.807, 2.05) is 0 Å². The Labute approximate surface area is 76.4 Å². The molecule has 1 aliphatic rings. The molecule has 0 spiro atoms. The standard InChI is InChI=1S/C8H12N4O/c13-7-4-12(5-7)6-11-8-9-2-1-3-10-8/h1-3,7,13H,4-6H2,(H,9,10,11). The minimum absolute atomic E-state index is 0.154. The fourth-order valence-corrected chi connectivity index (χ4v) is 1.24. The number of aliphatic hydroxyl groups excluding tert-OH is 1.